The summed E-state index contributed by atoms with van der Waals surface area (Å²) < 4.78 is 10.6. The van der Waals surface area contributed by atoms with Crippen LogP contribution < -0.4 is 25.0 Å². The Morgan fingerprint density at radius 1 is 1.12 bits per heavy atom. The maximum Gasteiger partial charge on any atom is 0.170 e. The zero-order valence-corrected chi connectivity index (χ0v) is 16.0. The van der Waals surface area contributed by atoms with E-state index in [4.69, 9.17) is 21.7 Å². The molecule has 1 atom stereocenters. The molecule has 1 heterocycles. The molecule has 0 bridgehead atoms. The summed E-state index contributed by atoms with van der Waals surface area (Å²) in [6.45, 7) is 2.94. The van der Waals surface area contributed by atoms with Crippen LogP contribution in [0.25, 0.3) is 0 Å². The molecule has 2 aromatic rings. The maximum atomic E-state index is 5.42. The molecule has 1 unspecified atom stereocenters. The topological polar surface area (TPSA) is 45.8 Å². The predicted octanol–water partition coefficient (Wildman–Crippen LogP) is 3.52. The Labute approximate surface area is 160 Å². The van der Waals surface area contributed by atoms with Gasteiger partial charge in [-0.25, -0.2) is 0 Å². The van der Waals surface area contributed by atoms with Gasteiger partial charge in [0.25, 0.3) is 0 Å². The number of ether oxygens (including phenoxy) is 2. The van der Waals surface area contributed by atoms with Gasteiger partial charge in [0.05, 0.1) is 19.9 Å². The van der Waals surface area contributed by atoms with Gasteiger partial charge in [0.2, 0.25) is 0 Å². The predicted molar refractivity (Wildman–Crippen MR) is 111 cm³/mol. The van der Waals surface area contributed by atoms with E-state index in [1.807, 2.05) is 36.4 Å². The van der Waals surface area contributed by atoms with Gasteiger partial charge in [-0.05, 0) is 61.0 Å². The molecule has 0 aromatic heterocycles. The smallest absolute Gasteiger partial charge is 0.170 e. The first kappa shape index (κ1) is 18.3. The average molecular weight is 372 g/mol. The van der Waals surface area contributed by atoms with Crippen molar-refractivity contribution in [2.24, 2.45) is 5.92 Å². The van der Waals surface area contributed by atoms with Crippen LogP contribution in [0.3, 0.4) is 0 Å². The van der Waals surface area contributed by atoms with Crippen molar-refractivity contribution in [2.45, 2.75) is 6.42 Å². The molecule has 0 amide bonds. The Hall–Kier alpha value is -2.47. The first-order valence-electron chi connectivity index (χ1n) is 8.76. The second-order valence-electron chi connectivity index (χ2n) is 6.33. The highest BCUT2D eigenvalue weighted by Crippen LogP contribution is 2.26. The van der Waals surface area contributed by atoms with Crippen LogP contribution in [0.4, 0.5) is 11.4 Å². The summed E-state index contributed by atoms with van der Waals surface area (Å²) in [5.74, 6) is 2.23. The number of rotatable bonds is 6. The molecule has 138 valence electrons. The van der Waals surface area contributed by atoms with Gasteiger partial charge in [-0.2, -0.15) is 0 Å². The minimum atomic E-state index is 0.564. The summed E-state index contributed by atoms with van der Waals surface area (Å²) in [6.07, 6.45) is 1.15. The molecule has 0 radical (unpaired) electrons. The third-order valence-corrected chi connectivity index (χ3v) is 4.88. The van der Waals surface area contributed by atoms with Crippen LogP contribution in [-0.4, -0.2) is 39.0 Å². The number of thiocarbonyl (C=S) groups is 1. The van der Waals surface area contributed by atoms with Gasteiger partial charge in [-0.3, -0.25) is 0 Å². The summed E-state index contributed by atoms with van der Waals surface area (Å²) in [7, 11) is 3.35. The zero-order chi connectivity index (χ0) is 18.4. The number of anilines is 2. The molecule has 6 heteroatoms. The fraction of sp³-hybridized carbons (Fsp3) is 0.350. The quantitative estimate of drug-likeness (QED) is 0.758. The molecule has 3 rings (SSSR count). The highest BCUT2D eigenvalue weighted by atomic mass is 32.1. The highest BCUT2D eigenvalue weighted by Gasteiger charge is 2.22. The Balaban J connectivity index is 1.47. The molecule has 2 N–H and O–H groups in total. The summed E-state index contributed by atoms with van der Waals surface area (Å²) in [6, 6.07) is 16.0. The Morgan fingerprint density at radius 3 is 2.62 bits per heavy atom. The van der Waals surface area contributed by atoms with Gasteiger partial charge in [0, 0.05) is 25.3 Å². The first-order valence-corrected chi connectivity index (χ1v) is 9.17. The normalized spacial score (nSPS) is 16.2. The molecule has 0 saturated carbocycles. The second-order valence-corrected chi connectivity index (χ2v) is 6.74. The molecule has 2 aromatic carbocycles. The third-order valence-electron chi connectivity index (χ3n) is 4.63. The molecule has 26 heavy (non-hydrogen) atoms. The largest absolute Gasteiger partial charge is 0.497 e. The summed E-state index contributed by atoms with van der Waals surface area (Å²) in [5.41, 5.74) is 2.11. The molecule has 1 aliphatic heterocycles. The van der Waals surface area contributed by atoms with E-state index in [9.17, 15) is 0 Å². The van der Waals surface area contributed by atoms with E-state index >= 15 is 0 Å². The van der Waals surface area contributed by atoms with Crippen LogP contribution in [0.1, 0.15) is 6.42 Å². The number of para-hydroxylation sites is 2. The average Bonchev–Trinajstić information content (AvgIpc) is 3.16. The van der Waals surface area contributed by atoms with Crippen LogP contribution in [0, 0.1) is 5.92 Å². The van der Waals surface area contributed by atoms with Crippen molar-refractivity contribution in [2.75, 3.05) is 44.1 Å². The van der Waals surface area contributed by atoms with Crippen LogP contribution >= 0.6 is 12.2 Å². The van der Waals surface area contributed by atoms with E-state index in [2.05, 4.69) is 27.7 Å². The van der Waals surface area contributed by atoms with Gasteiger partial charge < -0.3 is 25.0 Å². The number of hydrogen-bond acceptors (Lipinski definition) is 4. The number of nitrogens with zero attached hydrogens (tertiary/aromatic N) is 1. The second kappa shape index (κ2) is 8.76. The fourth-order valence-corrected chi connectivity index (χ4v) is 3.37. The maximum absolute atomic E-state index is 5.42. The van der Waals surface area contributed by atoms with E-state index < -0.39 is 0 Å². The Bertz CT molecular complexity index is 736. The lowest BCUT2D eigenvalue weighted by atomic mass is 10.1. The standard InChI is InChI=1S/C20H25N3O2S/c1-24-17-9-7-16(8-10-17)23-12-11-15(14-23)13-21-20(26)22-18-5-3-4-6-19(18)25-2/h3-10,15H,11-14H2,1-2H3,(H2,21,22,26). The first-order chi connectivity index (χ1) is 12.7. The van der Waals surface area contributed by atoms with Crippen molar-refractivity contribution in [3.8, 4) is 11.5 Å². The molecule has 1 fully saturated rings. The zero-order valence-electron chi connectivity index (χ0n) is 15.2. The summed E-state index contributed by atoms with van der Waals surface area (Å²) in [4.78, 5) is 2.41. The Morgan fingerprint density at radius 2 is 1.88 bits per heavy atom. The van der Waals surface area contributed by atoms with Crippen molar-refractivity contribution in [3.63, 3.8) is 0 Å². The van der Waals surface area contributed by atoms with E-state index in [1.165, 1.54) is 5.69 Å². The molecule has 1 saturated heterocycles. The van der Waals surface area contributed by atoms with E-state index in [0.717, 1.165) is 43.2 Å². The lowest BCUT2D eigenvalue weighted by molar-refractivity contribution is 0.415. The minimum absolute atomic E-state index is 0.564. The fourth-order valence-electron chi connectivity index (χ4n) is 3.18. The summed E-state index contributed by atoms with van der Waals surface area (Å²) in [5, 5.41) is 7.16. The van der Waals surface area contributed by atoms with E-state index in [1.54, 1.807) is 14.2 Å². The molecular weight excluding hydrogens is 346 g/mol. The van der Waals surface area contributed by atoms with E-state index in [0.29, 0.717) is 11.0 Å². The van der Waals surface area contributed by atoms with Gasteiger partial charge in [-0.1, -0.05) is 12.1 Å². The highest BCUT2D eigenvalue weighted by molar-refractivity contribution is 7.80. The van der Waals surface area contributed by atoms with Crippen molar-refractivity contribution < 1.29 is 9.47 Å². The van der Waals surface area contributed by atoms with Gasteiger partial charge in [-0.15, -0.1) is 0 Å². The lowest BCUT2D eigenvalue weighted by Crippen LogP contribution is -2.34. The van der Waals surface area contributed by atoms with Crippen LogP contribution in [0.2, 0.25) is 0 Å². The van der Waals surface area contributed by atoms with Gasteiger partial charge in [0.1, 0.15) is 11.5 Å². The van der Waals surface area contributed by atoms with Crippen molar-refractivity contribution in [1.29, 1.82) is 0 Å². The number of hydrogen-bond donors (Lipinski definition) is 2. The third kappa shape index (κ3) is 4.58. The number of methoxy groups -OCH3 is 2. The van der Waals surface area contributed by atoms with Gasteiger partial charge in [0.15, 0.2) is 5.11 Å². The van der Waals surface area contributed by atoms with Crippen molar-refractivity contribution in [3.05, 3.63) is 48.5 Å². The number of nitrogens with one attached hydrogen (secondary N) is 2. The SMILES string of the molecule is COc1ccc(N2CCC(CNC(=S)Nc3ccccc3OC)C2)cc1. The van der Waals surface area contributed by atoms with Crippen molar-refractivity contribution in [1.82, 2.24) is 5.32 Å². The molecule has 5 nitrogen and oxygen atoms in total. The number of benzene rings is 2. The van der Waals surface area contributed by atoms with Crippen LogP contribution in [0.5, 0.6) is 11.5 Å². The van der Waals surface area contributed by atoms with Crippen molar-refractivity contribution >= 4 is 28.7 Å². The molecular formula is C20H25N3O2S. The lowest BCUT2D eigenvalue weighted by Gasteiger charge is -2.19. The molecule has 0 aliphatic carbocycles. The monoisotopic (exact) mass is 371 g/mol. The molecule has 1 aliphatic rings. The van der Waals surface area contributed by atoms with Crippen LogP contribution in [-0.2, 0) is 0 Å². The van der Waals surface area contributed by atoms with Crippen LogP contribution in [0.15, 0.2) is 48.5 Å². The van der Waals surface area contributed by atoms with E-state index in [-0.39, 0.29) is 0 Å². The van der Waals surface area contributed by atoms with Gasteiger partial charge >= 0.3 is 0 Å². The molecule has 0 spiro atoms. The summed E-state index contributed by atoms with van der Waals surface area (Å²) >= 11 is 5.42. The Kier molecular flexibility index (Phi) is 6.17. The minimum Gasteiger partial charge on any atom is -0.497 e.